The third kappa shape index (κ3) is 6.11. The van der Waals surface area contributed by atoms with E-state index >= 15 is 0 Å². The summed E-state index contributed by atoms with van der Waals surface area (Å²) < 4.78 is 5.80. The highest BCUT2D eigenvalue weighted by atomic mass is 16.5. The first-order chi connectivity index (χ1) is 12.0. The van der Waals surface area contributed by atoms with Crippen molar-refractivity contribution in [3.8, 4) is 5.75 Å². The molecule has 0 aliphatic carbocycles. The Balaban J connectivity index is 1.84. The van der Waals surface area contributed by atoms with Gasteiger partial charge in [-0.1, -0.05) is 44.9 Å². The zero-order valence-electron chi connectivity index (χ0n) is 15.4. The van der Waals surface area contributed by atoms with E-state index < -0.39 is 0 Å². The van der Waals surface area contributed by atoms with Crippen LogP contribution in [-0.4, -0.2) is 18.1 Å². The molecular formula is C21H27N3O. The number of ether oxygens (including phenoxy) is 1. The molecule has 0 unspecified atom stereocenters. The summed E-state index contributed by atoms with van der Waals surface area (Å²) >= 11 is 0. The highest BCUT2D eigenvalue weighted by Gasteiger charge is 2.16. The quantitative estimate of drug-likeness (QED) is 0.485. The van der Waals surface area contributed by atoms with Crippen LogP contribution in [0.1, 0.15) is 39.2 Å². The third-order valence-electron chi connectivity index (χ3n) is 4.33. The first-order valence-corrected chi connectivity index (χ1v) is 8.82. The zero-order chi connectivity index (χ0) is 18.1. The maximum atomic E-state index is 7.41. The number of pyridine rings is 1. The van der Waals surface area contributed by atoms with Gasteiger partial charge in [0.25, 0.3) is 0 Å². The van der Waals surface area contributed by atoms with Crippen molar-refractivity contribution in [2.24, 2.45) is 5.41 Å². The predicted octanol–water partition coefficient (Wildman–Crippen LogP) is 5.49. The van der Waals surface area contributed by atoms with Crippen LogP contribution in [0.15, 0.2) is 42.6 Å². The third-order valence-corrected chi connectivity index (χ3v) is 4.33. The van der Waals surface area contributed by atoms with Crippen molar-refractivity contribution in [1.82, 2.24) is 4.98 Å². The minimum atomic E-state index is 0.249. The van der Waals surface area contributed by atoms with Crippen molar-refractivity contribution in [1.29, 1.82) is 0 Å². The van der Waals surface area contributed by atoms with Gasteiger partial charge in [-0.05, 0) is 42.5 Å². The average Bonchev–Trinajstić information content (AvgIpc) is 2.63. The monoisotopic (exact) mass is 337 g/mol. The molecular weight excluding hydrogens is 310 g/mol. The fourth-order valence-corrected chi connectivity index (χ4v) is 2.50. The summed E-state index contributed by atoms with van der Waals surface area (Å²) in [6.07, 6.45) is 4.70. The Morgan fingerprint density at radius 1 is 1.24 bits per heavy atom. The van der Waals surface area contributed by atoms with Crippen LogP contribution >= 0.6 is 0 Å². The number of nitrogens with zero attached hydrogens (tertiary/aromatic N) is 2. The van der Waals surface area contributed by atoms with E-state index in [0.29, 0.717) is 18.0 Å². The van der Waals surface area contributed by atoms with Gasteiger partial charge in [-0.15, -0.1) is 0 Å². The van der Waals surface area contributed by atoms with Gasteiger partial charge in [0.1, 0.15) is 11.6 Å². The van der Waals surface area contributed by atoms with Crippen LogP contribution in [0.25, 0.3) is 4.85 Å². The molecule has 0 radical (unpaired) electrons. The second-order valence-corrected chi connectivity index (χ2v) is 6.95. The van der Waals surface area contributed by atoms with Gasteiger partial charge >= 0.3 is 0 Å². The largest absolute Gasteiger partial charge is 0.505 e. The molecule has 0 atom stereocenters. The molecule has 1 aromatic carbocycles. The van der Waals surface area contributed by atoms with Crippen LogP contribution in [0.5, 0.6) is 5.75 Å². The van der Waals surface area contributed by atoms with E-state index in [2.05, 4.69) is 42.0 Å². The van der Waals surface area contributed by atoms with Crippen molar-refractivity contribution < 1.29 is 4.74 Å². The predicted molar refractivity (Wildman–Crippen MR) is 103 cm³/mol. The van der Waals surface area contributed by atoms with E-state index in [-0.39, 0.29) is 5.41 Å². The van der Waals surface area contributed by atoms with Gasteiger partial charge in [0.15, 0.2) is 0 Å². The summed E-state index contributed by atoms with van der Waals surface area (Å²) in [5.41, 5.74) is 2.04. The maximum absolute atomic E-state index is 7.41. The molecule has 0 saturated carbocycles. The topological polar surface area (TPSA) is 38.5 Å². The first kappa shape index (κ1) is 18.8. The van der Waals surface area contributed by atoms with Crippen LogP contribution in [0, 0.1) is 12.0 Å². The summed E-state index contributed by atoms with van der Waals surface area (Å²) in [6.45, 7) is 15.5. The Bertz CT molecular complexity index is 705. The fraction of sp³-hybridized carbons (Fsp3) is 0.429. The number of hydrogen-bond donors (Lipinski definition) is 1. The van der Waals surface area contributed by atoms with Gasteiger partial charge in [0.05, 0.1) is 13.2 Å². The molecule has 1 aromatic heterocycles. The van der Waals surface area contributed by atoms with Crippen LogP contribution in [0.2, 0.25) is 0 Å². The number of hydrogen-bond acceptors (Lipinski definition) is 3. The number of anilines is 1. The Hall–Kier alpha value is -2.54. The van der Waals surface area contributed by atoms with E-state index in [9.17, 15) is 0 Å². The molecule has 0 saturated heterocycles. The highest BCUT2D eigenvalue weighted by Crippen LogP contribution is 2.32. The second-order valence-electron chi connectivity index (χ2n) is 6.95. The Morgan fingerprint density at radius 2 is 2.08 bits per heavy atom. The van der Waals surface area contributed by atoms with Crippen molar-refractivity contribution in [2.45, 2.75) is 40.0 Å². The Kier molecular flexibility index (Phi) is 6.82. The molecule has 132 valence electrons. The molecule has 0 fully saturated rings. The lowest BCUT2D eigenvalue weighted by Gasteiger charge is -2.23. The molecule has 4 heteroatoms. The maximum Gasteiger partial charge on any atom is 0.228 e. The van der Waals surface area contributed by atoms with Crippen LogP contribution in [-0.2, 0) is 6.42 Å². The first-order valence-electron chi connectivity index (χ1n) is 8.82. The molecule has 0 bridgehead atoms. The van der Waals surface area contributed by atoms with Gasteiger partial charge in [-0.3, -0.25) is 0 Å². The molecule has 2 aromatic rings. The molecule has 0 amide bonds. The highest BCUT2D eigenvalue weighted by molar-refractivity contribution is 5.59. The van der Waals surface area contributed by atoms with E-state index in [1.807, 2.05) is 30.3 Å². The van der Waals surface area contributed by atoms with Crippen molar-refractivity contribution in [3.63, 3.8) is 0 Å². The second kappa shape index (κ2) is 9.08. The molecule has 4 nitrogen and oxygen atoms in total. The Morgan fingerprint density at radius 3 is 2.76 bits per heavy atom. The Labute approximate surface area is 151 Å². The van der Waals surface area contributed by atoms with Gasteiger partial charge in [-0.25, -0.2) is 9.83 Å². The van der Waals surface area contributed by atoms with Gasteiger partial charge in [-0.2, -0.15) is 0 Å². The number of nitrogens with one attached hydrogen (secondary N) is 1. The van der Waals surface area contributed by atoms with E-state index in [1.165, 1.54) is 5.56 Å². The standard InChI is InChI=1S/C21H27N3O/c1-5-21(2,3)16-17-10-11-19(18(15-17)22-4)25-14-8-13-24-20-9-6-7-12-23-20/h6-7,9-12,15H,5,8,13-14,16H2,1-3H3,(H,23,24). The lowest BCUT2D eigenvalue weighted by atomic mass is 9.83. The molecule has 1 heterocycles. The minimum Gasteiger partial charge on any atom is -0.505 e. The summed E-state index contributed by atoms with van der Waals surface area (Å²) in [4.78, 5) is 7.85. The minimum absolute atomic E-state index is 0.249. The summed E-state index contributed by atoms with van der Waals surface area (Å²) in [5, 5.41) is 3.25. The summed E-state index contributed by atoms with van der Waals surface area (Å²) in [7, 11) is 0. The lowest BCUT2D eigenvalue weighted by Crippen LogP contribution is -2.13. The molecule has 0 spiro atoms. The average molecular weight is 337 g/mol. The molecule has 25 heavy (non-hydrogen) atoms. The lowest BCUT2D eigenvalue weighted by molar-refractivity contribution is 0.316. The van der Waals surface area contributed by atoms with Crippen molar-refractivity contribution >= 4 is 11.5 Å². The van der Waals surface area contributed by atoms with Crippen molar-refractivity contribution in [3.05, 3.63) is 59.6 Å². The van der Waals surface area contributed by atoms with Gasteiger partial charge < -0.3 is 10.1 Å². The van der Waals surface area contributed by atoms with Gasteiger partial charge in [0, 0.05) is 12.7 Å². The zero-order valence-corrected chi connectivity index (χ0v) is 15.4. The van der Waals surface area contributed by atoms with E-state index in [0.717, 1.165) is 31.6 Å². The normalized spacial score (nSPS) is 11.0. The van der Waals surface area contributed by atoms with E-state index in [4.69, 9.17) is 11.3 Å². The molecule has 0 aliphatic rings. The molecule has 1 N–H and O–H groups in total. The molecule has 2 rings (SSSR count). The fourth-order valence-electron chi connectivity index (χ4n) is 2.50. The molecule has 0 aliphatic heterocycles. The van der Waals surface area contributed by atoms with E-state index in [1.54, 1.807) is 6.20 Å². The van der Waals surface area contributed by atoms with Crippen LogP contribution in [0.3, 0.4) is 0 Å². The number of aromatic nitrogens is 1. The van der Waals surface area contributed by atoms with Crippen LogP contribution < -0.4 is 10.1 Å². The number of rotatable bonds is 9. The number of benzene rings is 1. The summed E-state index contributed by atoms with van der Waals surface area (Å²) in [5.74, 6) is 1.54. The van der Waals surface area contributed by atoms with Crippen LogP contribution in [0.4, 0.5) is 11.5 Å². The van der Waals surface area contributed by atoms with Crippen molar-refractivity contribution in [2.75, 3.05) is 18.5 Å². The SMILES string of the molecule is [C-]#[N+]c1cc(CC(C)(C)CC)ccc1OCCCNc1ccccn1. The van der Waals surface area contributed by atoms with Gasteiger partial charge in [0.2, 0.25) is 5.69 Å². The smallest absolute Gasteiger partial charge is 0.228 e. The summed E-state index contributed by atoms with van der Waals surface area (Å²) in [6, 6.07) is 11.8.